The summed E-state index contributed by atoms with van der Waals surface area (Å²) in [6, 6.07) is 14.2. The number of anilines is 1. The van der Waals surface area contributed by atoms with Crippen LogP contribution in [0.3, 0.4) is 0 Å². The minimum atomic E-state index is 0.435. The SMILES string of the molecule is CC1=C[C@@H](CNc2ccccn2)[C@H](C(C)C)C[C@H]1Cc1nnc(-c2ccc(C)cc2)o1. The van der Waals surface area contributed by atoms with Gasteiger partial charge in [-0.05, 0) is 68.2 Å². The fourth-order valence-electron chi connectivity index (χ4n) is 4.56. The minimum absolute atomic E-state index is 0.435. The Hall–Kier alpha value is -2.95. The molecule has 162 valence electrons. The lowest BCUT2D eigenvalue weighted by Gasteiger charge is -2.37. The number of nitrogens with one attached hydrogen (secondary N) is 1. The third-order valence-corrected chi connectivity index (χ3v) is 6.45. The van der Waals surface area contributed by atoms with E-state index in [-0.39, 0.29) is 0 Å². The van der Waals surface area contributed by atoms with Crippen LogP contribution in [0.5, 0.6) is 0 Å². The molecule has 3 atom stereocenters. The van der Waals surface area contributed by atoms with Crippen molar-refractivity contribution in [3.05, 3.63) is 71.8 Å². The Morgan fingerprint density at radius 2 is 1.87 bits per heavy atom. The number of allylic oxidation sites excluding steroid dienone is 1. The molecule has 1 aromatic carbocycles. The van der Waals surface area contributed by atoms with Crippen LogP contribution in [0.15, 0.2) is 64.7 Å². The van der Waals surface area contributed by atoms with Gasteiger partial charge in [-0.15, -0.1) is 10.2 Å². The summed E-state index contributed by atoms with van der Waals surface area (Å²) in [5.41, 5.74) is 3.61. The maximum Gasteiger partial charge on any atom is 0.247 e. The summed E-state index contributed by atoms with van der Waals surface area (Å²) in [5.74, 6) is 4.39. The Bertz CT molecular complexity index is 1010. The van der Waals surface area contributed by atoms with Gasteiger partial charge in [-0.1, -0.05) is 49.3 Å². The second-order valence-electron chi connectivity index (χ2n) is 9.08. The van der Waals surface area contributed by atoms with E-state index in [9.17, 15) is 0 Å². The number of hydrogen-bond donors (Lipinski definition) is 1. The minimum Gasteiger partial charge on any atom is -0.421 e. The Labute approximate surface area is 185 Å². The van der Waals surface area contributed by atoms with Crippen molar-refractivity contribution >= 4 is 5.82 Å². The zero-order chi connectivity index (χ0) is 21.8. The van der Waals surface area contributed by atoms with E-state index in [4.69, 9.17) is 4.42 Å². The van der Waals surface area contributed by atoms with Gasteiger partial charge in [0.1, 0.15) is 5.82 Å². The second kappa shape index (κ2) is 9.46. The van der Waals surface area contributed by atoms with Crippen molar-refractivity contribution in [2.75, 3.05) is 11.9 Å². The van der Waals surface area contributed by atoms with E-state index in [1.807, 2.05) is 36.5 Å². The summed E-state index contributed by atoms with van der Waals surface area (Å²) >= 11 is 0. The first kappa shape index (κ1) is 21.3. The summed E-state index contributed by atoms with van der Waals surface area (Å²) in [7, 11) is 0. The Morgan fingerprint density at radius 1 is 1.06 bits per heavy atom. The molecular weight excluding hydrogens is 384 g/mol. The molecule has 4 rings (SSSR count). The molecule has 2 aromatic heterocycles. The van der Waals surface area contributed by atoms with Crippen molar-refractivity contribution < 1.29 is 4.42 Å². The molecule has 1 aliphatic carbocycles. The predicted molar refractivity (Wildman–Crippen MR) is 125 cm³/mol. The summed E-state index contributed by atoms with van der Waals surface area (Å²) in [6.07, 6.45) is 6.21. The first-order valence-corrected chi connectivity index (χ1v) is 11.2. The number of rotatable bonds is 7. The van der Waals surface area contributed by atoms with Crippen LogP contribution in [0, 0.1) is 30.6 Å². The van der Waals surface area contributed by atoms with E-state index in [1.165, 1.54) is 11.1 Å². The molecule has 0 aliphatic heterocycles. The average Bonchev–Trinajstić information content (AvgIpc) is 3.23. The lowest BCUT2D eigenvalue weighted by atomic mass is 9.70. The molecule has 0 spiro atoms. The van der Waals surface area contributed by atoms with Crippen molar-refractivity contribution in [3.63, 3.8) is 0 Å². The molecule has 0 saturated heterocycles. The summed E-state index contributed by atoms with van der Waals surface area (Å²) in [5, 5.41) is 12.1. The quantitative estimate of drug-likeness (QED) is 0.482. The fourth-order valence-corrected chi connectivity index (χ4v) is 4.56. The topological polar surface area (TPSA) is 63.8 Å². The van der Waals surface area contributed by atoms with Crippen molar-refractivity contribution in [3.8, 4) is 11.5 Å². The van der Waals surface area contributed by atoms with E-state index >= 15 is 0 Å². The van der Waals surface area contributed by atoms with Gasteiger partial charge < -0.3 is 9.73 Å². The standard InChI is InChI=1S/C26H32N4O/c1-17(2)23-14-21(19(4)13-22(23)16-28-24-7-5-6-12-27-24)15-25-29-30-26(31-25)20-10-8-18(3)9-11-20/h5-13,17,21-23H,14-16H2,1-4H3,(H,27,28)/t21-,22-,23-/m0/s1. The van der Waals surface area contributed by atoms with Gasteiger partial charge in [0.15, 0.2) is 0 Å². The van der Waals surface area contributed by atoms with Crippen molar-refractivity contribution in [2.45, 2.75) is 40.5 Å². The number of pyridine rings is 1. The largest absolute Gasteiger partial charge is 0.421 e. The second-order valence-corrected chi connectivity index (χ2v) is 9.08. The molecule has 5 nitrogen and oxygen atoms in total. The summed E-state index contributed by atoms with van der Waals surface area (Å²) in [4.78, 5) is 4.40. The van der Waals surface area contributed by atoms with E-state index in [0.717, 1.165) is 36.7 Å². The molecule has 1 aliphatic rings. The molecule has 5 heteroatoms. The Morgan fingerprint density at radius 3 is 2.58 bits per heavy atom. The Balaban J connectivity index is 1.45. The molecule has 0 unspecified atom stereocenters. The van der Waals surface area contributed by atoms with Crippen LogP contribution < -0.4 is 5.32 Å². The number of hydrogen-bond acceptors (Lipinski definition) is 5. The van der Waals surface area contributed by atoms with Crippen LogP contribution in [-0.4, -0.2) is 21.7 Å². The van der Waals surface area contributed by atoms with E-state index in [2.05, 4.69) is 66.4 Å². The third kappa shape index (κ3) is 5.22. The number of benzene rings is 1. The van der Waals surface area contributed by atoms with Crippen LogP contribution in [0.1, 0.15) is 38.6 Å². The normalized spacial score (nSPS) is 21.2. The zero-order valence-corrected chi connectivity index (χ0v) is 18.9. The molecule has 31 heavy (non-hydrogen) atoms. The van der Waals surface area contributed by atoms with E-state index in [1.54, 1.807) is 0 Å². The molecule has 3 aromatic rings. The lowest BCUT2D eigenvalue weighted by Crippen LogP contribution is -2.32. The third-order valence-electron chi connectivity index (χ3n) is 6.45. The van der Waals surface area contributed by atoms with Gasteiger partial charge in [-0.3, -0.25) is 0 Å². The number of aryl methyl sites for hydroxylation is 1. The van der Waals surface area contributed by atoms with Crippen molar-refractivity contribution in [1.82, 2.24) is 15.2 Å². The summed E-state index contributed by atoms with van der Waals surface area (Å²) in [6.45, 7) is 9.87. The van der Waals surface area contributed by atoms with Crippen LogP contribution in [-0.2, 0) is 6.42 Å². The fraction of sp³-hybridized carbons (Fsp3) is 0.423. The van der Waals surface area contributed by atoms with Crippen LogP contribution in [0.25, 0.3) is 11.5 Å². The maximum absolute atomic E-state index is 6.02. The average molecular weight is 417 g/mol. The molecule has 0 fully saturated rings. The van der Waals surface area contributed by atoms with Crippen molar-refractivity contribution in [1.29, 1.82) is 0 Å². The zero-order valence-electron chi connectivity index (χ0n) is 18.9. The van der Waals surface area contributed by atoms with Gasteiger partial charge in [0.05, 0.1) is 0 Å². The van der Waals surface area contributed by atoms with Crippen LogP contribution >= 0.6 is 0 Å². The molecule has 1 N–H and O–H groups in total. The highest BCUT2D eigenvalue weighted by atomic mass is 16.4. The predicted octanol–water partition coefficient (Wildman–Crippen LogP) is 5.95. The monoisotopic (exact) mass is 416 g/mol. The van der Waals surface area contributed by atoms with Gasteiger partial charge in [-0.25, -0.2) is 4.98 Å². The smallest absolute Gasteiger partial charge is 0.247 e. The highest BCUT2D eigenvalue weighted by Crippen LogP contribution is 2.39. The molecule has 0 bridgehead atoms. The van der Waals surface area contributed by atoms with Crippen molar-refractivity contribution in [2.24, 2.45) is 23.7 Å². The van der Waals surface area contributed by atoms with Crippen LogP contribution in [0.2, 0.25) is 0 Å². The number of aromatic nitrogens is 3. The molecular formula is C26H32N4O. The van der Waals surface area contributed by atoms with E-state index < -0.39 is 0 Å². The molecule has 0 amide bonds. The van der Waals surface area contributed by atoms with Gasteiger partial charge in [0, 0.05) is 24.7 Å². The first-order valence-electron chi connectivity index (χ1n) is 11.2. The maximum atomic E-state index is 6.02. The number of nitrogens with zero attached hydrogens (tertiary/aromatic N) is 3. The lowest BCUT2D eigenvalue weighted by molar-refractivity contribution is 0.229. The van der Waals surface area contributed by atoms with Crippen LogP contribution in [0.4, 0.5) is 5.82 Å². The highest BCUT2D eigenvalue weighted by Gasteiger charge is 2.32. The summed E-state index contributed by atoms with van der Waals surface area (Å²) < 4.78 is 6.02. The van der Waals surface area contributed by atoms with Gasteiger partial charge in [0.25, 0.3) is 0 Å². The molecule has 0 radical (unpaired) electrons. The highest BCUT2D eigenvalue weighted by molar-refractivity contribution is 5.52. The molecule has 0 saturated carbocycles. The van der Waals surface area contributed by atoms with E-state index in [0.29, 0.717) is 29.6 Å². The van der Waals surface area contributed by atoms with Gasteiger partial charge in [-0.2, -0.15) is 0 Å². The Kier molecular flexibility index (Phi) is 6.50. The molecule has 2 heterocycles. The van der Waals surface area contributed by atoms with Gasteiger partial charge >= 0.3 is 0 Å². The first-order chi connectivity index (χ1) is 15.0. The van der Waals surface area contributed by atoms with Gasteiger partial charge in [0.2, 0.25) is 11.8 Å².